The van der Waals surface area contributed by atoms with Crippen LogP contribution in [0.2, 0.25) is 0 Å². The number of nitrogens with one attached hydrogen (secondary N) is 3. The molecule has 0 saturated carbocycles. The molecular weight excluding hydrogens is 458 g/mol. The third kappa shape index (κ3) is 4.76. The quantitative estimate of drug-likeness (QED) is 0.431. The van der Waals surface area contributed by atoms with E-state index in [-0.39, 0.29) is 24.3 Å². The zero-order valence-corrected chi connectivity index (χ0v) is 19.5. The predicted octanol–water partition coefficient (Wildman–Crippen LogP) is 2.69. The molecule has 0 unspecified atom stereocenters. The van der Waals surface area contributed by atoms with Crippen LogP contribution in [0.5, 0.6) is 11.5 Å². The summed E-state index contributed by atoms with van der Waals surface area (Å²) in [5.41, 5.74) is 1.46. The Balaban J connectivity index is 1.19. The standard InChI is InChI=1S/C23H25N5O5S/c1-29-14-8-13(9-15(10-14)30-2)25-23(34)28-18-12-33-20-17(11-32-21(18)20)27-22-24-6-5-16(26-22)19-4-3-7-31-19/h3-10,17-18,20-21H,11-12H2,1-2H3,(H,24,26,27)(H2,25,28,34)/t17-,18-,20+,21+/m0/s1. The first-order chi connectivity index (χ1) is 16.6. The van der Waals surface area contributed by atoms with E-state index in [4.69, 9.17) is 35.6 Å². The molecule has 1 aromatic carbocycles. The van der Waals surface area contributed by atoms with E-state index in [1.54, 1.807) is 38.8 Å². The second-order valence-electron chi connectivity index (χ2n) is 7.90. The maximum atomic E-state index is 6.05. The lowest BCUT2D eigenvalue weighted by Gasteiger charge is -2.20. The van der Waals surface area contributed by atoms with Gasteiger partial charge in [-0.05, 0) is 30.4 Å². The summed E-state index contributed by atoms with van der Waals surface area (Å²) in [6.07, 6.45) is 2.99. The van der Waals surface area contributed by atoms with Crippen LogP contribution in [0.1, 0.15) is 0 Å². The van der Waals surface area contributed by atoms with Crippen molar-refractivity contribution in [2.75, 3.05) is 38.1 Å². The number of hydrogen-bond donors (Lipinski definition) is 3. The summed E-state index contributed by atoms with van der Waals surface area (Å²) in [5.74, 6) is 2.51. The average Bonchev–Trinajstić information content (AvgIpc) is 3.60. The van der Waals surface area contributed by atoms with Crippen molar-refractivity contribution in [1.29, 1.82) is 0 Å². The van der Waals surface area contributed by atoms with E-state index in [1.807, 2.05) is 24.3 Å². The average molecular weight is 484 g/mol. The molecular formula is C23H25N5O5S. The molecule has 3 aromatic rings. The fourth-order valence-corrected chi connectivity index (χ4v) is 4.39. The molecule has 4 atom stereocenters. The third-order valence-electron chi connectivity index (χ3n) is 5.72. The Hall–Kier alpha value is -3.41. The number of anilines is 2. The van der Waals surface area contributed by atoms with Gasteiger partial charge in [-0.1, -0.05) is 0 Å². The summed E-state index contributed by atoms with van der Waals surface area (Å²) in [4.78, 5) is 8.87. The number of methoxy groups -OCH3 is 2. The second kappa shape index (κ2) is 9.84. The fraction of sp³-hybridized carbons (Fsp3) is 0.348. The highest BCUT2D eigenvalue weighted by Crippen LogP contribution is 2.30. The van der Waals surface area contributed by atoms with Gasteiger partial charge in [0.2, 0.25) is 5.95 Å². The number of hydrogen-bond acceptors (Lipinski definition) is 9. The van der Waals surface area contributed by atoms with E-state index >= 15 is 0 Å². The van der Waals surface area contributed by atoms with Crippen molar-refractivity contribution in [2.24, 2.45) is 0 Å². The summed E-state index contributed by atoms with van der Waals surface area (Å²) in [6, 6.07) is 10.8. The Labute approximate surface area is 202 Å². The van der Waals surface area contributed by atoms with Crippen LogP contribution in [-0.4, -0.2) is 66.8 Å². The first-order valence-electron chi connectivity index (χ1n) is 10.8. The van der Waals surface area contributed by atoms with Gasteiger partial charge in [0.1, 0.15) is 29.4 Å². The van der Waals surface area contributed by atoms with Gasteiger partial charge < -0.3 is 39.3 Å². The van der Waals surface area contributed by atoms with Gasteiger partial charge in [-0.2, -0.15) is 0 Å². The molecule has 2 aliphatic heterocycles. The molecule has 0 spiro atoms. The molecule has 178 valence electrons. The minimum atomic E-state index is -0.162. The van der Waals surface area contributed by atoms with Crippen LogP contribution in [0.15, 0.2) is 53.3 Å². The minimum Gasteiger partial charge on any atom is -0.497 e. The molecule has 4 heterocycles. The number of aromatic nitrogens is 2. The summed E-state index contributed by atoms with van der Waals surface area (Å²) in [7, 11) is 3.20. The van der Waals surface area contributed by atoms with E-state index in [0.29, 0.717) is 47.2 Å². The number of benzene rings is 1. The molecule has 0 amide bonds. The molecule has 10 nitrogen and oxygen atoms in total. The Morgan fingerprint density at radius 3 is 2.47 bits per heavy atom. The largest absolute Gasteiger partial charge is 0.497 e. The normalized spacial score (nSPS) is 23.2. The van der Waals surface area contributed by atoms with Crippen molar-refractivity contribution in [1.82, 2.24) is 15.3 Å². The summed E-state index contributed by atoms with van der Waals surface area (Å²) in [5, 5.41) is 10.3. The van der Waals surface area contributed by atoms with Crippen molar-refractivity contribution in [3.8, 4) is 23.0 Å². The number of furan rings is 1. The maximum absolute atomic E-state index is 6.05. The zero-order valence-electron chi connectivity index (χ0n) is 18.7. The first-order valence-corrected chi connectivity index (χ1v) is 11.2. The van der Waals surface area contributed by atoms with Gasteiger partial charge >= 0.3 is 0 Å². The number of nitrogens with zero attached hydrogens (tertiary/aromatic N) is 2. The minimum absolute atomic E-state index is 0.0900. The van der Waals surface area contributed by atoms with Crippen LogP contribution in [0, 0.1) is 0 Å². The molecule has 2 saturated heterocycles. The number of thiocarbonyl (C=S) groups is 1. The van der Waals surface area contributed by atoms with Crippen LogP contribution in [0.3, 0.4) is 0 Å². The molecule has 3 N–H and O–H groups in total. The van der Waals surface area contributed by atoms with Gasteiger partial charge in [-0.3, -0.25) is 0 Å². The Kier molecular flexibility index (Phi) is 6.48. The summed E-state index contributed by atoms with van der Waals surface area (Å²) >= 11 is 5.52. The highest BCUT2D eigenvalue weighted by molar-refractivity contribution is 7.80. The van der Waals surface area contributed by atoms with Gasteiger partial charge in [0, 0.05) is 30.1 Å². The smallest absolute Gasteiger partial charge is 0.223 e. The van der Waals surface area contributed by atoms with Crippen molar-refractivity contribution in [3.05, 3.63) is 48.9 Å². The Morgan fingerprint density at radius 2 is 1.76 bits per heavy atom. The molecule has 34 heavy (non-hydrogen) atoms. The van der Waals surface area contributed by atoms with Gasteiger partial charge in [0.25, 0.3) is 0 Å². The Morgan fingerprint density at radius 1 is 1.03 bits per heavy atom. The van der Waals surface area contributed by atoms with E-state index in [0.717, 1.165) is 5.69 Å². The number of fused-ring (bicyclic) bond motifs is 1. The molecule has 5 rings (SSSR count). The second-order valence-corrected chi connectivity index (χ2v) is 8.30. The van der Waals surface area contributed by atoms with Crippen molar-refractivity contribution >= 4 is 29.0 Å². The van der Waals surface area contributed by atoms with Crippen LogP contribution in [-0.2, 0) is 9.47 Å². The molecule has 0 radical (unpaired) electrons. The predicted molar refractivity (Wildman–Crippen MR) is 129 cm³/mol. The van der Waals surface area contributed by atoms with E-state index < -0.39 is 0 Å². The topological polar surface area (TPSA) is 112 Å². The van der Waals surface area contributed by atoms with E-state index in [2.05, 4.69) is 25.9 Å². The summed E-state index contributed by atoms with van der Waals surface area (Å²) in [6.45, 7) is 0.930. The molecule has 0 aliphatic carbocycles. The lowest BCUT2D eigenvalue weighted by Crippen LogP contribution is -2.46. The fourth-order valence-electron chi connectivity index (χ4n) is 4.12. The molecule has 2 fully saturated rings. The highest BCUT2D eigenvalue weighted by atomic mass is 32.1. The highest BCUT2D eigenvalue weighted by Gasteiger charge is 2.48. The number of ether oxygens (including phenoxy) is 4. The van der Waals surface area contributed by atoms with Crippen LogP contribution < -0.4 is 25.4 Å². The van der Waals surface area contributed by atoms with Crippen molar-refractivity contribution in [3.63, 3.8) is 0 Å². The molecule has 11 heteroatoms. The molecule has 2 aromatic heterocycles. The van der Waals surface area contributed by atoms with Crippen LogP contribution >= 0.6 is 12.2 Å². The lowest BCUT2D eigenvalue weighted by atomic mass is 10.1. The van der Waals surface area contributed by atoms with Gasteiger partial charge in [0.15, 0.2) is 10.9 Å². The van der Waals surface area contributed by atoms with E-state index in [9.17, 15) is 0 Å². The lowest BCUT2D eigenvalue weighted by molar-refractivity contribution is 0.0689. The SMILES string of the molecule is COc1cc(NC(=S)N[C@H]2CO[C@H]3[C@@H]2OC[C@@H]3Nc2nccc(-c3ccco3)n2)cc(OC)c1. The van der Waals surface area contributed by atoms with Crippen molar-refractivity contribution in [2.45, 2.75) is 24.3 Å². The monoisotopic (exact) mass is 483 g/mol. The molecule has 2 aliphatic rings. The van der Waals surface area contributed by atoms with Crippen LogP contribution in [0.25, 0.3) is 11.5 Å². The van der Waals surface area contributed by atoms with Crippen LogP contribution in [0.4, 0.5) is 11.6 Å². The first kappa shape index (κ1) is 22.4. The Bertz CT molecular complexity index is 1120. The zero-order chi connectivity index (χ0) is 23.5. The van der Waals surface area contributed by atoms with E-state index in [1.165, 1.54) is 0 Å². The number of rotatable bonds is 7. The van der Waals surface area contributed by atoms with Gasteiger partial charge in [-0.15, -0.1) is 0 Å². The van der Waals surface area contributed by atoms with Gasteiger partial charge in [-0.25, -0.2) is 9.97 Å². The molecule has 0 bridgehead atoms. The summed E-state index contributed by atoms with van der Waals surface area (Å²) < 4.78 is 28.1. The maximum Gasteiger partial charge on any atom is 0.223 e. The van der Waals surface area contributed by atoms with Crippen molar-refractivity contribution < 1.29 is 23.4 Å². The third-order valence-corrected chi connectivity index (χ3v) is 5.94. The van der Waals surface area contributed by atoms with Gasteiger partial charge in [0.05, 0.1) is 45.8 Å².